The van der Waals surface area contributed by atoms with E-state index in [0.29, 0.717) is 18.2 Å². The van der Waals surface area contributed by atoms with Crippen molar-refractivity contribution in [3.05, 3.63) is 41.2 Å². The van der Waals surface area contributed by atoms with Gasteiger partial charge >= 0.3 is 0 Å². The molecule has 7 heteroatoms. The summed E-state index contributed by atoms with van der Waals surface area (Å²) in [5.41, 5.74) is 1.58. The Morgan fingerprint density at radius 1 is 1.19 bits per heavy atom. The first-order valence-electron chi connectivity index (χ1n) is 9.37. The molecular weight excluding hydrogens is 348 g/mol. The fourth-order valence-electron chi connectivity index (χ4n) is 3.57. The van der Waals surface area contributed by atoms with Crippen LogP contribution in [0.25, 0.3) is 0 Å². The summed E-state index contributed by atoms with van der Waals surface area (Å²) in [6.45, 7) is 0.318. The van der Waals surface area contributed by atoms with E-state index in [1.807, 2.05) is 24.3 Å². The van der Waals surface area contributed by atoms with Crippen LogP contribution in [0.2, 0.25) is 0 Å². The highest BCUT2D eigenvalue weighted by Gasteiger charge is 2.36. The first-order valence-corrected chi connectivity index (χ1v) is 9.37. The summed E-state index contributed by atoms with van der Waals surface area (Å²) in [5.74, 6) is -1.00. The average Bonchev–Trinajstić information content (AvgIpc) is 2.97. The van der Waals surface area contributed by atoms with Crippen LogP contribution in [0.5, 0.6) is 0 Å². The van der Waals surface area contributed by atoms with Crippen molar-refractivity contribution >= 4 is 17.5 Å². The highest BCUT2D eigenvalue weighted by Crippen LogP contribution is 2.33. The molecule has 0 atom stereocenters. The Labute approximate surface area is 158 Å². The molecule has 0 aromatic heterocycles. The van der Waals surface area contributed by atoms with Gasteiger partial charge in [-0.25, -0.2) is 5.06 Å². The topological polar surface area (TPSA) is 88.1 Å². The van der Waals surface area contributed by atoms with Crippen molar-refractivity contribution in [2.45, 2.75) is 38.0 Å². The molecule has 0 saturated heterocycles. The van der Waals surface area contributed by atoms with Gasteiger partial charge in [-0.15, -0.1) is 0 Å². The van der Waals surface area contributed by atoms with Gasteiger partial charge in [0.15, 0.2) is 0 Å². The molecule has 1 heterocycles. The summed E-state index contributed by atoms with van der Waals surface area (Å²) in [6.07, 6.45) is 6.26. The molecule has 1 fully saturated rings. The SMILES string of the molecule is COCCON1CC(O)=C(C(=O)Nc2ccc(C3CCCCC3)cc2)C1=O. The summed E-state index contributed by atoms with van der Waals surface area (Å²) < 4.78 is 4.85. The van der Waals surface area contributed by atoms with E-state index in [2.05, 4.69) is 5.32 Å². The number of rotatable bonds is 7. The van der Waals surface area contributed by atoms with E-state index in [9.17, 15) is 14.7 Å². The smallest absolute Gasteiger partial charge is 0.286 e. The minimum atomic E-state index is -0.653. The van der Waals surface area contributed by atoms with Crippen molar-refractivity contribution in [2.75, 3.05) is 32.2 Å². The van der Waals surface area contributed by atoms with Crippen LogP contribution >= 0.6 is 0 Å². The number of hydroxylamine groups is 2. The van der Waals surface area contributed by atoms with E-state index in [0.717, 1.165) is 5.06 Å². The van der Waals surface area contributed by atoms with Crippen LogP contribution in [0.15, 0.2) is 35.6 Å². The quantitative estimate of drug-likeness (QED) is 0.566. The number of aliphatic hydroxyl groups excluding tert-OH is 1. The van der Waals surface area contributed by atoms with E-state index in [-0.39, 0.29) is 24.5 Å². The highest BCUT2D eigenvalue weighted by molar-refractivity contribution is 6.24. The van der Waals surface area contributed by atoms with Gasteiger partial charge in [-0.05, 0) is 36.5 Å². The number of aliphatic hydroxyl groups is 1. The number of amides is 2. The third-order valence-electron chi connectivity index (χ3n) is 5.03. The fourth-order valence-corrected chi connectivity index (χ4v) is 3.57. The number of hydrogen-bond acceptors (Lipinski definition) is 5. The van der Waals surface area contributed by atoms with Crippen LogP contribution in [0.1, 0.15) is 43.6 Å². The number of hydrogen-bond donors (Lipinski definition) is 2. The molecule has 0 bridgehead atoms. The molecule has 146 valence electrons. The number of methoxy groups -OCH3 is 1. The van der Waals surface area contributed by atoms with Crippen molar-refractivity contribution in [3.63, 3.8) is 0 Å². The molecule has 1 aromatic rings. The number of benzene rings is 1. The Morgan fingerprint density at radius 3 is 2.56 bits per heavy atom. The van der Waals surface area contributed by atoms with E-state index in [1.165, 1.54) is 44.8 Å². The Kier molecular flexibility index (Phi) is 6.47. The van der Waals surface area contributed by atoms with Gasteiger partial charge < -0.3 is 15.2 Å². The third-order valence-corrected chi connectivity index (χ3v) is 5.03. The van der Waals surface area contributed by atoms with Gasteiger partial charge in [0.25, 0.3) is 11.8 Å². The molecule has 0 unspecified atom stereocenters. The van der Waals surface area contributed by atoms with Crippen molar-refractivity contribution in [3.8, 4) is 0 Å². The zero-order chi connectivity index (χ0) is 19.2. The van der Waals surface area contributed by atoms with Gasteiger partial charge in [0.1, 0.15) is 17.9 Å². The van der Waals surface area contributed by atoms with Crippen LogP contribution < -0.4 is 5.32 Å². The zero-order valence-electron chi connectivity index (χ0n) is 15.6. The van der Waals surface area contributed by atoms with Gasteiger partial charge in [0.2, 0.25) is 0 Å². The summed E-state index contributed by atoms with van der Waals surface area (Å²) in [5, 5.41) is 13.6. The molecule has 1 saturated carbocycles. The summed E-state index contributed by atoms with van der Waals surface area (Å²) in [6, 6.07) is 7.73. The zero-order valence-corrected chi connectivity index (χ0v) is 15.6. The molecule has 27 heavy (non-hydrogen) atoms. The summed E-state index contributed by atoms with van der Waals surface area (Å²) in [7, 11) is 1.52. The second-order valence-electron chi connectivity index (χ2n) is 6.90. The third kappa shape index (κ3) is 4.67. The molecule has 2 N–H and O–H groups in total. The maximum absolute atomic E-state index is 12.4. The number of carbonyl (C=O) groups excluding carboxylic acids is 2. The summed E-state index contributed by atoms with van der Waals surface area (Å²) >= 11 is 0. The van der Waals surface area contributed by atoms with Crippen LogP contribution in [0.3, 0.4) is 0 Å². The molecule has 1 aromatic carbocycles. The van der Waals surface area contributed by atoms with Crippen LogP contribution in [0, 0.1) is 0 Å². The first-order chi connectivity index (χ1) is 13.1. The molecule has 1 aliphatic carbocycles. The second-order valence-corrected chi connectivity index (χ2v) is 6.90. The van der Waals surface area contributed by atoms with Gasteiger partial charge in [0, 0.05) is 12.8 Å². The van der Waals surface area contributed by atoms with Crippen LogP contribution in [0.4, 0.5) is 5.69 Å². The minimum absolute atomic E-state index is 0.147. The van der Waals surface area contributed by atoms with Crippen molar-refractivity contribution in [2.24, 2.45) is 0 Å². The number of nitrogens with one attached hydrogen (secondary N) is 1. The highest BCUT2D eigenvalue weighted by atomic mass is 16.7. The van der Waals surface area contributed by atoms with Crippen LogP contribution in [-0.4, -0.2) is 48.9 Å². The minimum Gasteiger partial charge on any atom is -0.509 e. The lowest BCUT2D eigenvalue weighted by molar-refractivity contribution is -0.180. The second kappa shape index (κ2) is 9.01. The molecule has 2 aliphatic rings. The fraction of sp³-hybridized carbons (Fsp3) is 0.500. The molecule has 0 spiro atoms. The predicted molar refractivity (Wildman–Crippen MR) is 100 cm³/mol. The molecule has 3 rings (SSSR count). The number of carbonyl (C=O) groups is 2. The molecular formula is C20H26N2O5. The predicted octanol–water partition coefficient (Wildman–Crippen LogP) is 2.91. The van der Waals surface area contributed by atoms with E-state index in [1.54, 1.807) is 0 Å². The van der Waals surface area contributed by atoms with Gasteiger partial charge in [-0.2, -0.15) is 0 Å². The molecule has 7 nitrogen and oxygen atoms in total. The first kappa shape index (κ1) is 19.4. The van der Waals surface area contributed by atoms with Crippen molar-refractivity contribution in [1.82, 2.24) is 5.06 Å². The molecule has 2 amide bonds. The van der Waals surface area contributed by atoms with Gasteiger partial charge in [-0.3, -0.25) is 14.4 Å². The van der Waals surface area contributed by atoms with Crippen LogP contribution in [-0.2, 0) is 19.2 Å². The molecule has 1 aliphatic heterocycles. The number of anilines is 1. The Bertz CT molecular complexity index is 708. The standard InChI is InChI=1S/C20H26N2O5/c1-26-11-12-27-22-13-17(23)18(20(22)25)19(24)21-16-9-7-15(8-10-16)14-5-3-2-4-6-14/h7-10,14,23H,2-6,11-13H2,1H3,(H,21,24). The normalized spacial score (nSPS) is 18.3. The maximum Gasteiger partial charge on any atom is 0.286 e. The Hall–Kier alpha value is -2.38. The maximum atomic E-state index is 12.4. The molecule has 0 radical (unpaired) electrons. The van der Waals surface area contributed by atoms with Crippen molar-refractivity contribution in [1.29, 1.82) is 0 Å². The van der Waals surface area contributed by atoms with E-state index < -0.39 is 11.8 Å². The van der Waals surface area contributed by atoms with E-state index >= 15 is 0 Å². The average molecular weight is 374 g/mol. The van der Waals surface area contributed by atoms with Gasteiger partial charge in [0.05, 0.1) is 13.2 Å². The number of nitrogens with zero attached hydrogens (tertiary/aromatic N) is 1. The largest absolute Gasteiger partial charge is 0.509 e. The van der Waals surface area contributed by atoms with Crippen molar-refractivity contribution < 1.29 is 24.3 Å². The Balaban J connectivity index is 1.59. The van der Waals surface area contributed by atoms with Gasteiger partial charge in [-0.1, -0.05) is 31.4 Å². The number of ether oxygens (including phenoxy) is 1. The monoisotopic (exact) mass is 374 g/mol. The lowest BCUT2D eigenvalue weighted by Crippen LogP contribution is -2.31. The lowest BCUT2D eigenvalue weighted by atomic mass is 9.84. The lowest BCUT2D eigenvalue weighted by Gasteiger charge is -2.22. The Morgan fingerprint density at radius 2 is 1.89 bits per heavy atom. The van der Waals surface area contributed by atoms with E-state index in [4.69, 9.17) is 9.57 Å². The summed E-state index contributed by atoms with van der Waals surface area (Å²) in [4.78, 5) is 29.9.